The second kappa shape index (κ2) is 16.7. The molecule has 0 unspecified atom stereocenters. The van der Waals surface area contributed by atoms with E-state index in [1.165, 1.54) is 11.3 Å². The number of likely N-dealkylation sites (tertiary alicyclic amines) is 1. The van der Waals surface area contributed by atoms with Crippen molar-refractivity contribution in [1.29, 1.82) is 0 Å². The maximum absolute atomic E-state index is 12.1. The lowest BCUT2D eigenvalue weighted by Gasteiger charge is -2.34. The van der Waals surface area contributed by atoms with Crippen molar-refractivity contribution < 1.29 is 23.7 Å². The predicted molar refractivity (Wildman–Crippen MR) is 192 cm³/mol. The standard InChI is InChI=1S/C35H54N8O5/c1-35(2,3)48-34(44)37-16-15-36-33-39-27-22-31(46-9)30(45-8)21-25(27)32(40-33)38-24-13-17-43(18-14-24)23-26-28(42(6)7)11-10-12-29(26)47-20-19-41(4)5/h10-12,21-22,24H,13-20,23H2,1-9H3,(H,37,44)(H2,36,38,39,40). The number of anilines is 3. The molecular formula is C35H54N8O5. The number of hydrogen-bond acceptors (Lipinski definition) is 12. The first-order chi connectivity index (χ1) is 22.9. The Hall–Kier alpha value is -4.23. The minimum atomic E-state index is -0.560. The van der Waals surface area contributed by atoms with Crippen LogP contribution < -0.4 is 35.1 Å². The van der Waals surface area contributed by atoms with E-state index < -0.39 is 11.7 Å². The van der Waals surface area contributed by atoms with Gasteiger partial charge in [-0.05, 0) is 65.9 Å². The fourth-order valence-corrected chi connectivity index (χ4v) is 5.56. The van der Waals surface area contributed by atoms with E-state index in [0.717, 1.165) is 56.0 Å². The first-order valence-electron chi connectivity index (χ1n) is 16.6. The molecule has 1 fully saturated rings. The van der Waals surface area contributed by atoms with Crippen LogP contribution in [0.2, 0.25) is 0 Å². The normalized spacial score (nSPS) is 14.1. The summed E-state index contributed by atoms with van der Waals surface area (Å²) in [6.45, 7) is 10.4. The zero-order valence-electron chi connectivity index (χ0n) is 30.1. The van der Waals surface area contributed by atoms with Crippen LogP contribution >= 0.6 is 0 Å². The molecule has 1 aliphatic rings. The van der Waals surface area contributed by atoms with Crippen LogP contribution in [0, 0.1) is 0 Å². The highest BCUT2D eigenvalue weighted by Crippen LogP contribution is 2.36. The number of alkyl carbamates (subject to hydrolysis) is 1. The Bertz CT molecular complexity index is 1500. The SMILES string of the molecule is COc1cc2nc(NCCNC(=O)OC(C)(C)C)nc(NC3CCN(Cc4c(OCCN(C)C)cccc4N(C)C)CC3)c2cc1OC. The number of rotatable bonds is 15. The number of aromatic nitrogens is 2. The lowest BCUT2D eigenvalue weighted by atomic mass is 10.0. The van der Waals surface area contributed by atoms with Crippen molar-refractivity contribution in [3.63, 3.8) is 0 Å². The maximum atomic E-state index is 12.1. The summed E-state index contributed by atoms with van der Waals surface area (Å²) in [4.78, 5) is 28.4. The summed E-state index contributed by atoms with van der Waals surface area (Å²) in [6.07, 6.45) is 1.43. The third-order valence-electron chi connectivity index (χ3n) is 7.97. The van der Waals surface area contributed by atoms with Gasteiger partial charge in [-0.2, -0.15) is 4.98 Å². The average molecular weight is 667 g/mol. The first-order valence-corrected chi connectivity index (χ1v) is 16.6. The summed E-state index contributed by atoms with van der Waals surface area (Å²) in [5.74, 6) is 3.31. The van der Waals surface area contributed by atoms with Gasteiger partial charge in [-0.1, -0.05) is 6.07 Å². The maximum Gasteiger partial charge on any atom is 0.407 e. The first kappa shape index (κ1) is 36.6. The fourth-order valence-electron chi connectivity index (χ4n) is 5.56. The molecule has 3 aromatic rings. The highest BCUT2D eigenvalue weighted by atomic mass is 16.6. The zero-order chi connectivity index (χ0) is 34.8. The van der Waals surface area contributed by atoms with E-state index in [1.54, 1.807) is 14.2 Å². The van der Waals surface area contributed by atoms with Crippen molar-refractivity contribution >= 4 is 34.4 Å². The van der Waals surface area contributed by atoms with Crippen LogP contribution in [0.3, 0.4) is 0 Å². The summed E-state index contributed by atoms with van der Waals surface area (Å²) < 4.78 is 22.7. The summed E-state index contributed by atoms with van der Waals surface area (Å²) in [6, 6.07) is 10.3. The number of carbonyl (C=O) groups is 1. The average Bonchev–Trinajstić information content (AvgIpc) is 3.03. The van der Waals surface area contributed by atoms with Crippen LogP contribution in [0.1, 0.15) is 39.2 Å². The molecule has 2 aromatic carbocycles. The van der Waals surface area contributed by atoms with Crippen LogP contribution in [0.25, 0.3) is 10.9 Å². The van der Waals surface area contributed by atoms with Gasteiger partial charge < -0.3 is 44.7 Å². The van der Waals surface area contributed by atoms with Crippen molar-refractivity contribution in [2.75, 3.05) is 97.3 Å². The van der Waals surface area contributed by atoms with E-state index in [9.17, 15) is 4.79 Å². The van der Waals surface area contributed by atoms with Gasteiger partial charge in [0, 0.05) is 82.1 Å². The van der Waals surface area contributed by atoms with Crippen molar-refractivity contribution in [2.24, 2.45) is 0 Å². The smallest absolute Gasteiger partial charge is 0.407 e. The Morgan fingerprint density at radius 2 is 1.69 bits per heavy atom. The van der Waals surface area contributed by atoms with E-state index in [4.69, 9.17) is 28.9 Å². The summed E-state index contributed by atoms with van der Waals surface area (Å²) in [7, 11) is 11.5. The van der Waals surface area contributed by atoms with Gasteiger partial charge in [0.15, 0.2) is 11.5 Å². The van der Waals surface area contributed by atoms with Crippen LogP contribution in [0.15, 0.2) is 30.3 Å². The number of ether oxygens (including phenoxy) is 4. The molecule has 48 heavy (non-hydrogen) atoms. The molecule has 1 aromatic heterocycles. The summed E-state index contributed by atoms with van der Waals surface area (Å²) in [5.41, 5.74) is 2.55. The molecule has 2 heterocycles. The van der Waals surface area contributed by atoms with Gasteiger partial charge in [0.05, 0.1) is 19.7 Å². The molecule has 0 spiro atoms. The molecule has 0 saturated carbocycles. The summed E-state index contributed by atoms with van der Waals surface area (Å²) in [5, 5.41) is 10.6. The van der Waals surface area contributed by atoms with E-state index in [0.29, 0.717) is 42.7 Å². The predicted octanol–water partition coefficient (Wildman–Crippen LogP) is 4.67. The Morgan fingerprint density at radius 1 is 0.979 bits per heavy atom. The number of methoxy groups -OCH3 is 2. The van der Waals surface area contributed by atoms with Crippen LogP contribution in [-0.4, -0.2) is 119 Å². The number of amides is 1. The molecule has 13 heteroatoms. The third kappa shape index (κ3) is 10.4. The monoisotopic (exact) mass is 666 g/mol. The number of nitrogens with zero attached hydrogens (tertiary/aromatic N) is 5. The molecule has 1 aliphatic heterocycles. The van der Waals surface area contributed by atoms with Gasteiger partial charge >= 0.3 is 6.09 Å². The Morgan fingerprint density at radius 3 is 2.33 bits per heavy atom. The van der Waals surface area contributed by atoms with Crippen LogP contribution in [-0.2, 0) is 11.3 Å². The number of hydrogen-bond donors (Lipinski definition) is 3. The lowest BCUT2D eigenvalue weighted by Crippen LogP contribution is -2.39. The largest absolute Gasteiger partial charge is 0.493 e. The van der Waals surface area contributed by atoms with Gasteiger partial charge in [0.2, 0.25) is 5.95 Å². The molecule has 0 aliphatic carbocycles. The fraction of sp³-hybridized carbons (Fsp3) is 0.571. The van der Waals surface area contributed by atoms with Crippen molar-refractivity contribution in [2.45, 2.75) is 51.8 Å². The minimum absolute atomic E-state index is 0.217. The van der Waals surface area contributed by atoms with Crippen molar-refractivity contribution in [3.8, 4) is 17.2 Å². The molecular weight excluding hydrogens is 612 g/mol. The lowest BCUT2D eigenvalue weighted by molar-refractivity contribution is 0.0530. The Balaban J connectivity index is 1.46. The number of likely N-dealkylation sites (N-methyl/N-ethyl adjacent to an activating group) is 1. The van der Waals surface area contributed by atoms with Gasteiger partial charge in [0.25, 0.3) is 0 Å². The van der Waals surface area contributed by atoms with Gasteiger partial charge in [-0.3, -0.25) is 4.90 Å². The molecule has 1 amide bonds. The molecule has 3 N–H and O–H groups in total. The summed E-state index contributed by atoms with van der Waals surface area (Å²) >= 11 is 0. The molecule has 13 nitrogen and oxygen atoms in total. The minimum Gasteiger partial charge on any atom is -0.493 e. The number of piperidine rings is 1. The second-order valence-corrected chi connectivity index (χ2v) is 13.5. The van der Waals surface area contributed by atoms with Crippen molar-refractivity contribution in [1.82, 2.24) is 25.1 Å². The second-order valence-electron chi connectivity index (χ2n) is 13.5. The zero-order valence-corrected chi connectivity index (χ0v) is 30.1. The number of carbonyl (C=O) groups excluding carboxylic acids is 1. The van der Waals surface area contributed by atoms with Crippen LogP contribution in [0.4, 0.5) is 22.2 Å². The number of benzene rings is 2. The third-order valence-corrected chi connectivity index (χ3v) is 7.97. The molecule has 0 radical (unpaired) electrons. The molecule has 0 bridgehead atoms. The van der Waals surface area contributed by atoms with Crippen LogP contribution in [0.5, 0.6) is 17.2 Å². The molecule has 264 valence electrons. The van der Waals surface area contributed by atoms with E-state index in [-0.39, 0.29) is 6.04 Å². The van der Waals surface area contributed by atoms with E-state index in [1.807, 2.05) is 32.9 Å². The van der Waals surface area contributed by atoms with Crippen molar-refractivity contribution in [3.05, 3.63) is 35.9 Å². The van der Waals surface area contributed by atoms with E-state index in [2.05, 4.69) is 77.0 Å². The highest BCUT2D eigenvalue weighted by Gasteiger charge is 2.24. The topological polar surface area (TPSA) is 126 Å². The Kier molecular flexibility index (Phi) is 12.8. The quantitative estimate of drug-likeness (QED) is 0.195. The van der Waals surface area contributed by atoms with E-state index >= 15 is 0 Å². The molecule has 4 rings (SSSR count). The highest BCUT2D eigenvalue weighted by molar-refractivity contribution is 5.92. The van der Waals surface area contributed by atoms with Gasteiger partial charge in [-0.15, -0.1) is 0 Å². The Labute approximate surface area is 285 Å². The number of nitrogens with one attached hydrogen (secondary N) is 3. The molecule has 0 atom stereocenters. The van der Waals surface area contributed by atoms with Gasteiger partial charge in [-0.25, -0.2) is 9.78 Å². The molecule has 1 saturated heterocycles. The number of fused-ring (bicyclic) bond motifs is 1. The van der Waals surface area contributed by atoms with Gasteiger partial charge in [0.1, 0.15) is 23.8 Å².